The summed E-state index contributed by atoms with van der Waals surface area (Å²) >= 11 is 3.14. The van der Waals surface area contributed by atoms with Crippen molar-refractivity contribution in [3.8, 4) is 11.6 Å². The van der Waals surface area contributed by atoms with E-state index in [1.807, 2.05) is 0 Å². The third-order valence-corrected chi connectivity index (χ3v) is 3.02. The zero-order chi connectivity index (χ0) is 13.8. The Hall–Kier alpha value is -2.19. The Morgan fingerprint density at radius 1 is 1.32 bits per heavy atom. The maximum atomic E-state index is 10.8. The zero-order valence-electron chi connectivity index (χ0n) is 9.54. The van der Waals surface area contributed by atoms with Crippen LogP contribution in [0.3, 0.4) is 0 Å². The van der Waals surface area contributed by atoms with Gasteiger partial charge in [0.15, 0.2) is 5.75 Å². The SMILES string of the molecule is NNc1cccc(Oc2cccc([N+](=O)[O-])c2Br)n1. The predicted molar refractivity (Wildman–Crippen MR) is 72.9 cm³/mol. The summed E-state index contributed by atoms with van der Waals surface area (Å²) in [5.74, 6) is 6.25. The minimum absolute atomic E-state index is 0.0781. The fourth-order valence-corrected chi connectivity index (χ4v) is 1.87. The molecule has 8 heteroatoms. The van der Waals surface area contributed by atoms with Crippen LogP contribution in [0.25, 0.3) is 0 Å². The van der Waals surface area contributed by atoms with Gasteiger partial charge >= 0.3 is 0 Å². The Bertz CT molecular complexity index is 621. The summed E-state index contributed by atoms with van der Waals surface area (Å²) in [6, 6.07) is 9.48. The van der Waals surface area contributed by atoms with Crippen molar-refractivity contribution < 1.29 is 9.66 Å². The fraction of sp³-hybridized carbons (Fsp3) is 0. The van der Waals surface area contributed by atoms with E-state index < -0.39 is 4.92 Å². The highest BCUT2D eigenvalue weighted by molar-refractivity contribution is 9.10. The van der Waals surface area contributed by atoms with Gasteiger partial charge in [-0.2, -0.15) is 4.98 Å². The molecule has 0 aliphatic heterocycles. The van der Waals surface area contributed by atoms with Crippen molar-refractivity contribution in [1.82, 2.24) is 4.98 Å². The number of pyridine rings is 1. The Balaban J connectivity index is 2.33. The van der Waals surface area contributed by atoms with E-state index in [-0.39, 0.29) is 16.0 Å². The molecule has 0 atom stereocenters. The molecule has 7 nitrogen and oxygen atoms in total. The van der Waals surface area contributed by atoms with Crippen LogP contribution in [-0.4, -0.2) is 9.91 Å². The van der Waals surface area contributed by atoms with Crippen LogP contribution >= 0.6 is 15.9 Å². The molecule has 1 aromatic heterocycles. The molecular weight excluding hydrogens is 316 g/mol. The van der Waals surface area contributed by atoms with Gasteiger partial charge in [0.2, 0.25) is 5.88 Å². The lowest BCUT2D eigenvalue weighted by Crippen LogP contribution is -2.08. The molecule has 0 saturated heterocycles. The molecular formula is C11H9BrN4O3. The predicted octanol–water partition coefficient (Wildman–Crippen LogP) is 2.83. The molecule has 2 rings (SSSR count). The number of nitrogens with two attached hydrogens (primary N) is 1. The van der Waals surface area contributed by atoms with Gasteiger partial charge in [-0.05, 0) is 28.1 Å². The van der Waals surface area contributed by atoms with Crippen LogP contribution in [0, 0.1) is 10.1 Å². The Kier molecular flexibility index (Phi) is 3.93. The third-order valence-electron chi connectivity index (χ3n) is 2.23. The third kappa shape index (κ3) is 2.98. The number of hydrogen-bond donors (Lipinski definition) is 2. The van der Waals surface area contributed by atoms with Gasteiger partial charge in [-0.3, -0.25) is 10.1 Å². The number of nitro benzene ring substituents is 1. The molecule has 0 radical (unpaired) electrons. The topological polar surface area (TPSA) is 103 Å². The number of hydrazine groups is 1. The van der Waals surface area contributed by atoms with Crippen LogP contribution in [0.1, 0.15) is 0 Å². The molecule has 0 amide bonds. The van der Waals surface area contributed by atoms with Crippen molar-refractivity contribution >= 4 is 27.4 Å². The van der Waals surface area contributed by atoms with Crippen LogP contribution in [0.4, 0.5) is 11.5 Å². The van der Waals surface area contributed by atoms with E-state index >= 15 is 0 Å². The smallest absolute Gasteiger partial charge is 0.287 e. The van der Waals surface area contributed by atoms with Crippen molar-refractivity contribution in [1.29, 1.82) is 0 Å². The first-order chi connectivity index (χ1) is 9.11. The van der Waals surface area contributed by atoms with Gasteiger partial charge in [-0.25, -0.2) is 5.84 Å². The van der Waals surface area contributed by atoms with Crippen LogP contribution < -0.4 is 16.0 Å². The highest BCUT2D eigenvalue weighted by Crippen LogP contribution is 2.36. The number of nitro groups is 1. The molecule has 0 fully saturated rings. The van der Waals surface area contributed by atoms with Crippen molar-refractivity contribution in [2.45, 2.75) is 0 Å². The van der Waals surface area contributed by atoms with Gasteiger partial charge < -0.3 is 10.2 Å². The normalized spacial score (nSPS) is 10.0. The lowest BCUT2D eigenvalue weighted by Gasteiger charge is -2.08. The van der Waals surface area contributed by atoms with E-state index in [9.17, 15) is 10.1 Å². The molecule has 2 aromatic rings. The second-order valence-electron chi connectivity index (χ2n) is 3.45. The van der Waals surface area contributed by atoms with Gasteiger partial charge in [0.05, 0.1) is 4.92 Å². The maximum absolute atomic E-state index is 10.8. The number of ether oxygens (including phenoxy) is 1. The number of hydrogen-bond acceptors (Lipinski definition) is 6. The lowest BCUT2D eigenvalue weighted by atomic mass is 10.3. The van der Waals surface area contributed by atoms with Gasteiger partial charge in [-0.1, -0.05) is 12.1 Å². The van der Waals surface area contributed by atoms with Gasteiger partial charge in [0.1, 0.15) is 10.3 Å². The van der Waals surface area contributed by atoms with Gasteiger partial charge in [0, 0.05) is 12.1 Å². The van der Waals surface area contributed by atoms with E-state index in [4.69, 9.17) is 10.6 Å². The van der Waals surface area contributed by atoms with E-state index in [0.717, 1.165) is 0 Å². The standard InChI is InChI=1S/C11H9BrN4O3/c12-11-7(16(17)18)3-1-4-8(11)19-10-6-2-5-9(14-10)15-13/h1-6H,13H2,(H,14,15). The average molecular weight is 325 g/mol. The van der Waals surface area contributed by atoms with E-state index in [1.54, 1.807) is 24.3 Å². The second kappa shape index (κ2) is 5.63. The minimum Gasteiger partial charge on any atom is -0.438 e. The van der Waals surface area contributed by atoms with E-state index in [0.29, 0.717) is 11.6 Å². The van der Waals surface area contributed by atoms with Crippen molar-refractivity contribution in [3.63, 3.8) is 0 Å². The summed E-state index contributed by atoms with van der Waals surface area (Å²) in [5, 5.41) is 10.8. The van der Waals surface area contributed by atoms with Gasteiger partial charge in [-0.15, -0.1) is 0 Å². The van der Waals surface area contributed by atoms with Crippen molar-refractivity contribution in [2.75, 3.05) is 5.43 Å². The summed E-state index contributed by atoms with van der Waals surface area (Å²) < 4.78 is 5.74. The van der Waals surface area contributed by atoms with Crippen LogP contribution in [0.2, 0.25) is 0 Å². The number of aromatic nitrogens is 1. The molecule has 3 N–H and O–H groups in total. The summed E-state index contributed by atoms with van der Waals surface area (Å²) in [6.45, 7) is 0. The highest BCUT2D eigenvalue weighted by atomic mass is 79.9. The van der Waals surface area contributed by atoms with Crippen LogP contribution in [0.15, 0.2) is 40.9 Å². The van der Waals surface area contributed by atoms with Crippen LogP contribution in [0.5, 0.6) is 11.6 Å². The summed E-state index contributed by atoms with van der Waals surface area (Å²) in [7, 11) is 0. The molecule has 1 aromatic carbocycles. The quantitative estimate of drug-likeness (QED) is 0.509. The Labute approximate surface area is 116 Å². The molecule has 98 valence electrons. The number of anilines is 1. The molecule has 0 saturated carbocycles. The molecule has 0 bridgehead atoms. The Morgan fingerprint density at radius 2 is 2.05 bits per heavy atom. The number of nitrogens with zero attached hydrogens (tertiary/aromatic N) is 2. The first-order valence-electron chi connectivity index (χ1n) is 5.16. The Morgan fingerprint density at radius 3 is 2.74 bits per heavy atom. The highest BCUT2D eigenvalue weighted by Gasteiger charge is 2.16. The second-order valence-corrected chi connectivity index (χ2v) is 4.25. The number of benzene rings is 1. The van der Waals surface area contributed by atoms with E-state index in [1.165, 1.54) is 12.1 Å². The average Bonchev–Trinajstić information content (AvgIpc) is 2.41. The van der Waals surface area contributed by atoms with Crippen molar-refractivity contribution in [2.24, 2.45) is 5.84 Å². The monoisotopic (exact) mass is 324 g/mol. The fourth-order valence-electron chi connectivity index (χ4n) is 1.38. The van der Waals surface area contributed by atoms with Crippen LogP contribution in [-0.2, 0) is 0 Å². The molecule has 19 heavy (non-hydrogen) atoms. The molecule has 0 aliphatic rings. The summed E-state index contributed by atoms with van der Waals surface area (Å²) in [4.78, 5) is 14.4. The summed E-state index contributed by atoms with van der Waals surface area (Å²) in [5.41, 5.74) is 2.31. The first-order valence-corrected chi connectivity index (χ1v) is 5.95. The van der Waals surface area contributed by atoms with E-state index in [2.05, 4.69) is 26.3 Å². The number of nitrogens with one attached hydrogen (secondary N) is 1. The lowest BCUT2D eigenvalue weighted by molar-refractivity contribution is -0.385. The minimum atomic E-state index is -0.498. The van der Waals surface area contributed by atoms with Gasteiger partial charge in [0.25, 0.3) is 5.69 Å². The molecule has 0 spiro atoms. The van der Waals surface area contributed by atoms with Crippen molar-refractivity contribution in [3.05, 3.63) is 51.0 Å². The summed E-state index contributed by atoms with van der Waals surface area (Å²) in [6.07, 6.45) is 0. The molecule has 0 unspecified atom stereocenters. The number of nitrogen functional groups attached to an aromatic ring is 1. The first kappa shape index (κ1) is 13.2. The molecule has 0 aliphatic carbocycles. The molecule has 1 heterocycles. The number of halogens is 1. The zero-order valence-corrected chi connectivity index (χ0v) is 11.1. The maximum Gasteiger partial charge on any atom is 0.287 e. The number of rotatable bonds is 4. The largest absolute Gasteiger partial charge is 0.438 e.